The van der Waals surface area contributed by atoms with Gasteiger partial charge in [0.05, 0.1) is 23.2 Å². The van der Waals surface area contributed by atoms with Crippen molar-refractivity contribution in [2.24, 2.45) is 0 Å². The number of carbonyl (C=O) groups excluding carboxylic acids is 1. The maximum atomic E-state index is 13.5. The zero-order valence-corrected chi connectivity index (χ0v) is 21.0. The maximum Gasteiger partial charge on any atom is 0.264 e. The molecule has 0 bridgehead atoms. The molecule has 5 rings (SSSR count). The minimum absolute atomic E-state index is 0.0974. The lowest BCUT2D eigenvalue weighted by Crippen LogP contribution is -2.51. The summed E-state index contributed by atoms with van der Waals surface area (Å²) in [4.78, 5) is 13.4. The van der Waals surface area contributed by atoms with E-state index in [1.807, 2.05) is 6.92 Å². The van der Waals surface area contributed by atoms with E-state index in [2.05, 4.69) is 23.5 Å². The van der Waals surface area contributed by atoms with Gasteiger partial charge in [0, 0.05) is 5.02 Å². The topological polar surface area (TPSA) is 75.7 Å². The Hall–Kier alpha value is -3.03. The summed E-state index contributed by atoms with van der Waals surface area (Å²) in [6, 6.07) is 19.0. The highest BCUT2D eigenvalue weighted by molar-refractivity contribution is 7.92. The van der Waals surface area contributed by atoms with Gasteiger partial charge in [-0.1, -0.05) is 41.9 Å². The lowest BCUT2D eigenvalue weighted by Gasteiger charge is -2.35. The molecule has 3 aromatic carbocycles. The molecule has 0 saturated heterocycles. The van der Waals surface area contributed by atoms with Gasteiger partial charge in [-0.05, 0) is 85.7 Å². The molecule has 6 nitrogen and oxygen atoms in total. The van der Waals surface area contributed by atoms with Crippen molar-refractivity contribution in [2.75, 3.05) is 10.8 Å². The van der Waals surface area contributed by atoms with E-state index in [4.69, 9.17) is 16.3 Å². The van der Waals surface area contributed by atoms with Crippen LogP contribution in [0.2, 0.25) is 5.02 Å². The highest BCUT2D eigenvalue weighted by Crippen LogP contribution is 2.37. The van der Waals surface area contributed by atoms with E-state index < -0.39 is 16.1 Å². The van der Waals surface area contributed by atoms with Gasteiger partial charge in [-0.25, -0.2) is 8.42 Å². The number of benzene rings is 3. The number of aryl methyl sites for hydroxylation is 2. The molecule has 0 fully saturated rings. The average Bonchev–Trinajstić information content (AvgIpc) is 2.87. The fourth-order valence-electron chi connectivity index (χ4n) is 4.71. The highest BCUT2D eigenvalue weighted by atomic mass is 35.5. The highest BCUT2D eigenvalue weighted by Gasteiger charge is 2.37. The summed E-state index contributed by atoms with van der Waals surface area (Å²) < 4.78 is 34.2. The molecule has 1 aliphatic heterocycles. The van der Waals surface area contributed by atoms with E-state index in [1.165, 1.54) is 52.5 Å². The summed E-state index contributed by atoms with van der Waals surface area (Å²) >= 11 is 5.95. The predicted octanol–water partition coefficient (Wildman–Crippen LogP) is 5.05. The average molecular weight is 511 g/mol. The first-order valence-corrected chi connectivity index (χ1v) is 13.6. The zero-order valence-electron chi connectivity index (χ0n) is 19.4. The van der Waals surface area contributed by atoms with E-state index in [1.54, 1.807) is 24.3 Å². The Balaban J connectivity index is 1.38. The second kappa shape index (κ2) is 9.55. The number of fused-ring (bicyclic) bond motifs is 2. The van der Waals surface area contributed by atoms with Gasteiger partial charge in [-0.3, -0.25) is 9.10 Å². The standard InChI is InChI=1S/C27H27ClN2O4S/c1-18(20-11-10-19-6-2-3-7-21(19)16-20)29-27(31)26-17-30(24-8-4-5-9-25(24)34-26)35(32,33)23-14-12-22(28)13-15-23/h4-5,8-16,18,26H,2-3,6-7,17H2,1H3,(H,29,31)/t18-,26+/m0/s1. The summed E-state index contributed by atoms with van der Waals surface area (Å²) in [6.07, 6.45) is 3.57. The second-order valence-electron chi connectivity index (χ2n) is 9.03. The Labute approximate surface area is 210 Å². The number of nitrogens with zero attached hydrogens (tertiary/aromatic N) is 1. The van der Waals surface area contributed by atoms with Crippen LogP contribution < -0.4 is 14.4 Å². The van der Waals surface area contributed by atoms with Crippen molar-refractivity contribution < 1.29 is 17.9 Å². The number of amides is 1. The fraction of sp³-hybridized carbons (Fsp3) is 0.296. The molecule has 182 valence electrons. The molecular formula is C27H27ClN2O4S. The van der Waals surface area contributed by atoms with Gasteiger partial charge in [0.1, 0.15) is 5.75 Å². The summed E-state index contributed by atoms with van der Waals surface area (Å²) in [5.74, 6) is -0.0149. The Morgan fingerprint density at radius 3 is 2.51 bits per heavy atom. The van der Waals surface area contributed by atoms with Crippen LogP contribution >= 0.6 is 11.6 Å². The summed E-state index contributed by atoms with van der Waals surface area (Å²) in [7, 11) is -3.93. The van der Waals surface area contributed by atoms with Crippen LogP contribution in [0.1, 0.15) is 42.5 Å². The Bertz CT molecular complexity index is 1360. The van der Waals surface area contributed by atoms with Gasteiger partial charge in [-0.15, -0.1) is 0 Å². The first-order chi connectivity index (χ1) is 16.8. The molecule has 0 radical (unpaired) electrons. The molecule has 0 spiro atoms. The van der Waals surface area contributed by atoms with Crippen LogP contribution in [0.5, 0.6) is 5.75 Å². The Morgan fingerprint density at radius 1 is 1.03 bits per heavy atom. The number of ether oxygens (including phenoxy) is 1. The molecule has 0 saturated carbocycles. The van der Waals surface area contributed by atoms with Crippen molar-refractivity contribution in [2.45, 2.75) is 49.6 Å². The lowest BCUT2D eigenvalue weighted by atomic mass is 9.89. The third kappa shape index (κ3) is 4.75. The lowest BCUT2D eigenvalue weighted by molar-refractivity contribution is -0.128. The van der Waals surface area contributed by atoms with Gasteiger partial charge in [0.15, 0.2) is 6.10 Å². The van der Waals surface area contributed by atoms with E-state index in [9.17, 15) is 13.2 Å². The zero-order chi connectivity index (χ0) is 24.6. The number of para-hydroxylation sites is 2. The number of hydrogen-bond acceptors (Lipinski definition) is 4. The molecule has 1 amide bonds. The van der Waals surface area contributed by atoms with Crippen molar-refractivity contribution in [1.82, 2.24) is 5.32 Å². The van der Waals surface area contributed by atoms with Gasteiger partial charge < -0.3 is 10.1 Å². The number of anilines is 1. The van der Waals surface area contributed by atoms with E-state index >= 15 is 0 Å². The summed E-state index contributed by atoms with van der Waals surface area (Å²) in [5.41, 5.74) is 4.15. The van der Waals surface area contributed by atoms with Gasteiger partial charge in [-0.2, -0.15) is 0 Å². The van der Waals surface area contributed by atoms with Crippen LogP contribution in [0.25, 0.3) is 0 Å². The molecule has 3 aromatic rings. The number of rotatable bonds is 5. The number of hydrogen-bond donors (Lipinski definition) is 1. The van der Waals surface area contributed by atoms with Crippen molar-refractivity contribution in [3.05, 3.63) is 88.4 Å². The van der Waals surface area contributed by atoms with Crippen molar-refractivity contribution in [1.29, 1.82) is 0 Å². The number of sulfonamides is 1. The maximum absolute atomic E-state index is 13.5. The van der Waals surface area contributed by atoms with Gasteiger partial charge in [0.2, 0.25) is 0 Å². The van der Waals surface area contributed by atoms with Crippen molar-refractivity contribution in [3.8, 4) is 5.75 Å². The molecule has 35 heavy (non-hydrogen) atoms. The summed E-state index contributed by atoms with van der Waals surface area (Å²) in [5, 5.41) is 3.46. The van der Waals surface area contributed by atoms with Crippen molar-refractivity contribution in [3.63, 3.8) is 0 Å². The van der Waals surface area contributed by atoms with Crippen LogP contribution in [0, 0.1) is 0 Å². The van der Waals surface area contributed by atoms with E-state index in [0.717, 1.165) is 18.4 Å². The number of carbonyl (C=O) groups is 1. The Kier molecular flexibility index (Phi) is 6.47. The molecule has 1 aliphatic carbocycles. The molecule has 2 aliphatic rings. The molecule has 1 heterocycles. The smallest absolute Gasteiger partial charge is 0.264 e. The van der Waals surface area contributed by atoms with Crippen LogP contribution in [0.4, 0.5) is 5.69 Å². The van der Waals surface area contributed by atoms with Crippen molar-refractivity contribution >= 4 is 33.2 Å². The first kappa shape index (κ1) is 23.7. The van der Waals surface area contributed by atoms with E-state index in [-0.39, 0.29) is 23.4 Å². The molecule has 0 unspecified atom stereocenters. The largest absolute Gasteiger partial charge is 0.476 e. The predicted molar refractivity (Wildman–Crippen MR) is 136 cm³/mol. The van der Waals surface area contributed by atoms with Gasteiger partial charge in [0.25, 0.3) is 15.9 Å². The quantitative estimate of drug-likeness (QED) is 0.521. The minimum atomic E-state index is -3.93. The molecule has 2 atom stereocenters. The second-order valence-corrected chi connectivity index (χ2v) is 11.3. The molecule has 1 N–H and O–H groups in total. The summed E-state index contributed by atoms with van der Waals surface area (Å²) in [6.45, 7) is 1.80. The number of halogens is 1. The minimum Gasteiger partial charge on any atom is -0.476 e. The van der Waals surface area contributed by atoms with Crippen LogP contribution in [0.15, 0.2) is 71.6 Å². The van der Waals surface area contributed by atoms with Gasteiger partial charge >= 0.3 is 0 Å². The molecule has 8 heteroatoms. The SMILES string of the molecule is C[C@H](NC(=O)[C@H]1CN(S(=O)(=O)c2ccc(Cl)cc2)c2ccccc2O1)c1ccc2c(c1)CCCC2. The molecule has 0 aromatic heterocycles. The number of nitrogens with one attached hydrogen (secondary N) is 1. The third-order valence-electron chi connectivity index (χ3n) is 6.66. The van der Waals surface area contributed by atoms with E-state index in [0.29, 0.717) is 16.5 Å². The Morgan fingerprint density at radius 2 is 1.74 bits per heavy atom. The third-order valence-corrected chi connectivity index (χ3v) is 8.71. The van der Waals surface area contributed by atoms with Crippen LogP contribution in [-0.2, 0) is 27.7 Å². The van der Waals surface area contributed by atoms with Crippen LogP contribution in [0.3, 0.4) is 0 Å². The first-order valence-electron chi connectivity index (χ1n) is 11.8. The normalized spacial score (nSPS) is 18.1. The monoisotopic (exact) mass is 510 g/mol. The van der Waals surface area contributed by atoms with Crippen LogP contribution in [-0.4, -0.2) is 27.0 Å². The molecular weight excluding hydrogens is 484 g/mol. The fourth-order valence-corrected chi connectivity index (χ4v) is 6.31.